The van der Waals surface area contributed by atoms with Crippen LogP contribution in [0, 0.1) is 0 Å². The molecule has 2 aromatic heterocycles. The second kappa shape index (κ2) is 6.01. The average Bonchev–Trinajstić information content (AvgIpc) is 2.84. The van der Waals surface area contributed by atoms with E-state index in [1.54, 1.807) is 11.3 Å². The number of anilines is 1. The maximum atomic E-state index is 12.5. The Morgan fingerprint density at radius 3 is 2.55 bits per heavy atom. The number of aromatic nitrogens is 1. The summed E-state index contributed by atoms with van der Waals surface area (Å²) in [4.78, 5) is 6.07. The molecule has 108 valence electrons. The van der Waals surface area contributed by atoms with E-state index in [0.717, 1.165) is 23.6 Å². The van der Waals surface area contributed by atoms with E-state index in [9.17, 15) is 13.2 Å². The first kappa shape index (κ1) is 15.1. The summed E-state index contributed by atoms with van der Waals surface area (Å²) in [6.45, 7) is 2.56. The summed E-state index contributed by atoms with van der Waals surface area (Å²) in [6.07, 6.45) is -2.69. The molecular formula is C13H12ClF3N2S. The van der Waals surface area contributed by atoms with Gasteiger partial charge in [-0.2, -0.15) is 13.2 Å². The molecule has 0 aliphatic carbocycles. The third-order valence-electron chi connectivity index (χ3n) is 2.66. The fourth-order valence-electron chi connectivity index (χ4n) is 1.60. The molecule has 0 fully saturated rings. The Balaban J connectivity index is 2.06. The normalized spacial score (nSPS) is 11.7. The van der Waals surface area contributed by atoms with Crippen molar-refractivity contribution in [3.8, 4) is 0 Å². The first-order chi connectivity index (χ1) is 9.40. The van der Waals surface area contributed by atoms with E-state index < -0.39 is 11.7 Å². The van der Waals surface area contributed by atoms with Crippen LogP contribution < -0.4 is 5.32 Å². The summed E-state index contributed by atoms with van der Waals surface area (Å²) in [6, 6.07) is 4.89. The molecule has 0 aliphatic heterocycles. The number of alkyl halides is 3. The molecule has 0 amide bonds. The quantitative estimate of drug-likeness (QED) is 0.858. The van der Waals surface area contributed by atoms with Gasteiger partial charge in [-0.15, -0.1) is 11.3 Å². The van der Waals surface area contributed by atoms with Gasteiger partial charge in [0.25, 0.3) is 0 Å². The highest BCUT2D eigenvalue weighted by atomic mass is 35.5. The summed E-state index contributed by atoms with van der Waals surface area (Å²) in [5.74, 6) is 0.256. The van der Waals surface area contributed by atoms with Gasteiger partial charge in [-0.3, -0.25) is 0 Å². The van der Waals surface area contributed by atoms with E-state index in [-0.39, 0.29) is 10.8 Å². The Labute approximate surface area is 123 Å². The molecule has 2 nitrogen and oxygen atoms in total. The van der Waals surface area contributed by atoms with E-state index >= 15 is 0 Å². The van der Waals surface area contributed by atoms with Crippen LogP contribution in [0.4, 0.5) is 19.0 Å². The summed E-state index contributed by atoms with van der Waals surface area (Å²) >= 11 is 7.46. The predicted molar refractivity (Wildman–Crippen MR) is 75.3 cm³/mol. The fraction of sp³-hybridized carbons (Fsp3) is 0.308. The fourth-order valence-corrected chi connectivity index (χ4v) is 2.73. The highest BCUT2D eigenvalue weighted by Gasteiger charge is 2.31. The molecule has 0 saturated carbocycles. The number of nitrogens with one attached hydrogen (secondary N) is 1. The topological polar surface area (TPSA) is 24.9 Å². The molecule has 2 aromatic rings. The van der Waals surface area contributed by atoms with Gasteiger partial charge in [0.15, 0.2) is 0 Å². The molecule has 0 spiro atoms. The highest BCUT2D eigenvalue weighted by Crippen LogP contribution is 2.32. The van der Waals surface area contributed by atoms with Crippen LogP contribution in [0.2, 0.25) is 5.02 Å². The van der Waals surface area contributed by atoms with E-state index in [1.165, 1.54) is 4.88 Å². The summed E-state index contributed by atoms with van der Waals surface area (Å²) in [5.41, 5.74) is -0.850. The van der Waals surface area contributed by atoms with Crippen LogP contribution in [0.25, 0.3) is 0 Å². The maximum absolute atomic E-state index is 12.5. The summed E-state index contributed by atoms with van der Waals surface area (Å²) in [5, 5.41) is 2.91. The molecule has 0 unspecified atom stereocenters. The second-order valence-electron chi connectivity index (χ2n) is 4.13. The number of thiophene rings is 1. The Morgan fingerprint density at radius 2 is 2.00 bits per heavy atom. The molecule has 0 bridgehead atoms. The van der Waals surface area contributed by atoms with Crippen molar-refractivity contribution in [3.05, 3.63) is 44.7 Å². The SMILES string of the molecule is CCc1ccc(CNc2ncc(C(F)(F)F)cc2Cl)s1. The number of hydrogen-bond acceptors (Lipinski definition) is 3. The molecule has 0 aliphatic rings. The van der Waals surface area contributed by atoms with Crippen LogP contribution in [0.5, 0.6) is 0 Å². The summed E-state index contributed by atoms with van der Waals surface area (Å²) in [7, 11) is 0. The zero-order valence-corrected chi connectivity index (χ0v) is 12.2. The Kier molecular flexibility index (Phi) is 4.55. The first-order valence-electron chi connectivity index (χ1n) is 5.94. The van der Waals surface area contributed by atoms with Gasteiger partial charge in [0, 0.05) is 16.0 Å². The van der Waals surface area contributed by atoms with E-state index in [2.05, 4.69) is 17.2 Å². The van der Waals surface area contributed by atoms with Crippen molar-refractivity contribution in [2.24, 2.45) is 0 Å². The zero-order valence-electron chi connectivity index (χ0n) is 10.6. The van der Waals surface area contributed by atoms with Gasteiger partial charge < -0.3 is 5.32 Å². The van der Waals surface area contributed by atoms with Gasteiger partial charge in [-0.1, -0.05) is 18.5 Å². The summed E-state index contributed by atoms with van der Waals surface area (Å²) < 4.78 is 37.4. The number of pyridine rings is 1. The van der Waals surface area contributed by atoms with Crippen LogP contribution >= 0.6 is 22.9 Å². The predicted octanol–water partition coefficient (Wildman–Crippen LogP) is 4.99. The smallest absolute Gasteiger partial charge is 0.364 e. The van der Waals surface area contributed by atoms with Gasteiger partial charge >= 0.3 is 6.18 Å². The molecule has 2 heterocycles. The Hall–Kier alpha value is -1.27. The molecule has 0 saturated heterocycles. The highest BCUT2D eigenvalue weighted by molar-refractivity contribution is 7.12. The number of aryl methyl sites for hydroxylation is 1. The molecule has 20 heavy (non-hydrogen) atoms. The maximum Gasteiger partial charge on any atom is 0.417 e. The Morgan fingerprint density at radius 1 is 1.30 bits per heavy atom. The first-order valence-corrected chi connectivity index (χ1v) is 7.13. The van der Waals surface area contributed by atoms with Crippen molar-refractivity contribution in [1.82, 2.24) is 4.98 Å². The number of rotatable bonds is 4. The van der Waals surface area contributed by atoms with Crippen LogP contribution in [-0.2, 0) is 19.1 Å². The zero-order chi connectivity index (χ0) is 14.8. The lowest BCUT2D eigenvalue weighted by Crippen LogP contribution is -2.07. The Bertz CT molecular complexity index is 596. The van der Waals surface area contributed by atoms with Crippen LogP contribution in [0.3, 0.4) is 0 Å². The van der Waals surface area contributed by atoms with Crippen molar-refractivity contribution in [2.45, 2.75) is 26.1 Å². The van der Waals surface area contributed by atoms with Crippen molar-refractivity contribution < 1.29 is 13.2 Å². The van der Waals surface area contributed by atoms with Gasteiger partial charge in [-0.25, -0.2) is 4.98 Å². The number of halogens is 4. The molecule has 0 radical (unpaired) electrons. The minimum Gasteiger partial charge on any atom is -0.364 e. The lowest BCUT2D eigenvalue weighted by molar-refractivity contribution is -0.137. The van der Waals surface area contributed by atoms with Crippen molar-refractivity contribution in [1.29, 1.82) is 0 Å². The number of hydrogen-bond donors (Lipinski definition) is 1. The molecule has 7 heteroatoms. The average molecular weight is 321 g/mol. The molecular weight excluding hydrogens is 309 g/mol. The van der Waals surface area contributed by atoms with Crippen molar-refractivity contribution in [3.63, 3.8) is 0 Å². The monoisotopic (exact) mass is 320 g/mol. The third kappa shape index (κ3) is 3.64. The largest absolute Gasteiger partial charge is 0.417 e. The van der Waals surface area contributed by atoms with Gasteiger partial charge in [0.05, 0.1) is 17.1 Å². The van der Waals surface area contributed by atoms with Gasteiger partial charge in [0.2, 0.25) is 0 Å². The van der Waals surface area contributed by atoms with Gasteiger partial charge in [-0.05, 0) is 24.6 Å². The van der Waals surface area contributed by atoms with Crippen LogP contribution in [0.15, 0.2) is 24.4 Å². The molecule has 2 rings (SSSR count). The van der Waals surface area contributed by atoms with E-state index in [1.807, 2.05) is 12.1 Å². The molecule has 1 N–H and O–H groups in total. The van der Waals surface area contributed by atoms with Gasteiger partial charge in [0.1, 0.15) is 5.82 Å². The lowest BCUT2D eigenvalue weighted by atomic mass is 10.3. The van der Waals surface area contributed by atoms with Crippen LogP contribution in [-0.4, -0.2) is 4.98 Å². The standard InChI is InChI=1S/C13H12ClF3N2S/c1-2-9-3-4-10(20-9)7-19-12-11(14)5-8(6-18-12)13(15,16)17/h3-6H,2,7H2,1H3,(H,18,19). The lowest BCUT2D eigenvalue weighted by Gasteiger charge is -2.10. The van der Waals surface area contributed by atoms with Crippen LogP contribution in [0.1, 0.15) is 22.2 Å². The number of nitrogens with zero attached hydrogens (tertiary/aromatic N) is 1. The van der Waals surface area contributed by atoms with Crippen molar-refractivity contribution in [2.75, 3.05) is 5.32 Å². The van der Waals surface area contributed by atoms with Crippen molar-refractivity contribution >= 4 is 28.8 Å². The second-order valence-corrected chi connectivity index (χ2v) is 5.79. The minimum atomic E-state index is -4.43. The minimum absolute atomic E-state index is 0.0351. The van der Waals surface area contributed by atoms with E-state index in [0.29, 0.717) is 6.54 Å². The van der Waals surface area contributed by atoms with E-state index in [4.69, 9.17) is 11.6 Å². The third-order valence-corrected chi connectivity index (χ3v) is 4.18. The molecule has 0 atom stereocenters. The molecule has 0 aromatic carbocycles.